The summed E-state index contributed by atoms with van der Waals surface area (Å²) < 4.78 is 33.6. The number of amides is 2. The van der Waals surface area contributed by atoms with Crippen LogP contribution in [0.4, 0.5) is 0 Å². The molecule has 2 N–H and O–H groups in total. The molecule has 2 amide bonds. The van der Waals surface area contributed by atoms with Gasteiger partial charge in [-0.3, -0.25) is 9.59 Å². The largest absolute Gasteiger partial charge is 0.368 e. The summed E-state index contributed by atoms with van der Waals surface area (Å²) in [6.07, 6.45) is 2.58. The maximum Gasteiger partial charge on any atom is 0.265 e. The van der Waals surface area contributed by atoms with Crippen molar-refractivity contribution in [2.24, 2.45) is 12.8 Å². The van der Waals surface area contributed by atoms with E-state index in [0.717, 1.165) is 12.8 Å². The molecule has 1 aromatic heterocycles. The normalized spacial score (nSPS) is 22.3. The maximum atomic E-state index is 12.7. The summed E-state index contributed by atoms with van der Waals surface area (Å²) in [5.41, 5.74) is 5.37. The minimum Gasteiger partial charge on any atom is -0.368 e. The molecule has 2 aliphatic heterocycles. The van der Waals surface area contributed by atoms with Gasteiger partial charge in [0.05, 0.1) is 0 Å². The summed E-state index contributed by atoms with van der Waals surface area (Å²) in [6.45, 7) is 1.67. The van der Waals surface area contributed by atoms with Gasteiger partial charge in [-0.15, -0.1) is 0 Å². The SMILES string of the molecule is Cn1cc(S(=O)(=O)N2CCN(C(=O)C3CCCO3)CC2)cc1C(N)=O. The van der Waals surface area contributed by atoms with Crippen LogP contribution in [0.3, 0.4) is 0 Å². The van der Waals surface area contributed by atoms with Crippen LogP contribution in [0.1, 0.15) is 23.3 Å². The van der Waals surface area contributed by atoms with E-state index in [1.807, 2.05) is 0 Å². The van der Waals surface area contributed by atoms with Crippen molar-refractivity contribution in [1.29, 1.82) is 0 Å². The molecule has 138 valence electrons. The van der Waals surface area contributed by atoms with E-state index in [1.54, 1.807) is 11.9 Å². The van der Waals surface area contributed by atoms with Gasteiger partial charge in [0.1, 0.15) is 16.7 Å². The fourth-order valence-corrected chi connectivity index (χ4v) is 4.69. The van der Waals surface area contributed by atoms with E-state index >= 15 is 0 Å². The lowest BCUT2D eigenvalue weighted by molar-refractivity contribution is -0.142. The van der Waals surface area contributed by atoms with Gasteiger partial charge in [0, 0.05) is 46.0 Å². The van der Waals surface area contributed by atoms with Crippen LogP contribution in [-0.2, 0) is 26.6 Å². The Bertz CT molecular complexity index is 774. The minimum absolute atomic E-state index is 0.0303. The van der Waals surface area contributed by atoms with Crippen LogP contribution in [0.5, 0.6) is 0 Å². The van der Waals surface area contributed by atoms with E-state index in [-0.39, 0.29) is 29.6 Å². The number of carbonyl (C=O) groups excluding carboxylic acids is 2. The van der Waals surface area contributed by atoms with Crippen molar-refractivity contribution in [3.63, 3.8) is 0 Å². The van der Waals surface area contributed by atoms with Gasteiger partial charge in [0.15, 0.2) is 0 Å². The Morgan fingerprint density at radius 1 is 1.24 bits per heavy atom. The zero-order valence-corrected chi connectivity index (χ0v) is 14.9. The summed E-state index contributed by atoms with van der Waals surface area (Å²) in [6, 6.07) is 1.28. The molecule has 9 nitrogen and oxygen atoms in total. The first-order valence-electron chi connectivity index (χ1n) is 8.17. The minimum atomic E-state index is -3.73. The number of hydrogen-bond donors (Lipinski definition) is 1. The van der Waals surface area contributed by atoms with Crippen LogP contribution in [0, 0.1) is 0 Å². The van der Waals surface area contributed by atoms with E-state index in [9.17, 15) is 18.0 Å². The molecule has 0 saturated carbocycles. The lowest BCUT2D eigenvalue weighted by atomic mass is 10.2. The Morgan fingerprint density at radius 3 is 2.44 bits per heavy atom. The average molecular weight is 370 g/mol. The first-order chi connectivity index (χ1) is 11.8. The van der Waals surface area contributed by atoms with Gasteiger partial charge < -0.3 is 19.9 Å². The lowest BCUT2D eigenvalue weighted by Gasteiger charge is -2.34. The fourth-order valence-electron chi connectivity index (χ4n) is 3.19. The molecule has 2 fully saturated rings. The molecule has 2 saturated heterocycles. The predicted octanol–water partition coefficient (Wildman–Crippen LogP) is -0.864. The van der Waals surface area contributed by atoms with E-state index < -0.39 is 22.0 Å². The molecule has 3 rings (SSSR count). The number of primary amides is 1. The third-order valence-electron chi connectivity index (χ3n) is 4.63. The van der Waals surface area contributed by atoms with Gasteiger partial charge in [-0.05, 0) is 18.9 Å². The van der Waals surface area contributed by atoms with Crippen molar-refractivity contribution in [1.82, 2.24) is 13.8 Å². The first kappa shape index (κ1) is 17.9. The molecule has 10 heteroatoms. The zero-order valence-electron chi connectivity index (χ0n) is 14.1. The van der Waals surface area contributed by atoms with Crippen molar-refractivity contribution in [3.05, 3.63) is 18.0 Å². The smallest absolute Gasteiger partial charge is 0.265 e. The van der Waals surface area contributed by atoms with Crippen LogP contribution >= 0.6 is 0 Å². The van der Waals surface area contributed by atoms with Gasteiger partial charge in [-0.2, -0.15) is 4.31 Å². The van der Waals surface area contributed by atoms with Crippen molar-refractivity contribution in [2.75, 3.05) is 32.8 Å². The summed E-state index contributed by atoms with van der Waals surface area (Å²) in [5.74, 6) is -0.749. The quantitative estimate of drug-likeness (QED) is 0.740. The van der Waals surface area contributed by atoms with Crippen LogP contribution in [0.2, 0.25) is 0 Å². The van der Waals surface area contributed by atoms with Gasteiger partial charge in [-0.25, -0.2) is 8.42 Å². The van der Waals surface area contributed by atoms with Gasteiger partial charge >= 0.3 is 0 Å². The Labute approximate surface area is 146 Å². The molecule has 0 radical (unpaired) electrons. The average Bonchev–Trinajstić information content (AvgIpc) is 3.24. The van der Waals surface area contributed by atoms with Crippen LogP contribution in [0.25, 0.3) is 0 Å². The fraction of sp³-hybridized carbons (Fsp3) is 0.600. The second-order valence-electron chi connectivity index (χ2n) is 6.27. The molecule has 1 unspecified atom stereocenters. The number of rotatable bonds is 4. The molecule has 0 aromatic carbocycles. The van der Waals surface area contributed by atoms with Crippen molar-refractivity contribution in [3.8, 4) is 0 Å². The number of nitrogens with two attached hydrogens (primary N) is 1. The molecule has 3 heterocycles. The zero-order chi connectivity index (χ0) is 18.2. The molecule has 1 atom stereocenters. The number of nitrogens with zero attached hydrogens (tertiary/aromatic N) is 3. The van der Waals surface area contributed by atoms with E-state index in [4.69, 9.17) is 10.5 Å². The highest BCUT2D eigenvalue weighted by Crippen LogP contribution is 2.21. The number of aryl methyl sites for hydroxylation is 1. The number of piperazine rings is 1. The highest BCUT2D eigenvalue weighted by molar-refractivity contribution is 7.89. The molecule has 2 aliphatic rings. The van der Waals surface area contributed by atoms with Crippen LogP contribution < -0.4 is 5.73 Å². The third-order valence-corrected chi connectivity index (χ3v) is 6.49. The summed E-state index contributed by atoms with van der Waals surface area (Å²) >= 11 is 0. The van der Waals surface area contributed by atoms with E-state index in [2.05, 4.69) is 0 Å². The second kappa shape index (κ2) is 6.77. The van der Waals surface area contributed by atoms with Gasteiger partial charge in [0.25, 0.3) is 11.8 Å². The second-order valence-corrected chi connectivity index (χ2v) is 8.21. The topological polar surface area (TPSA) is 115 Å². The highest BCUT2D eigenvalue weighted by atomic mass is 32.2. The van der Waals surface area contributed by atoms with Crippen LogP contribution in [0.15, 0.2) is 17.2 Å². The Hall–Kier alpha value is -1.91. The number of carbonyl (C=O) groups is 2. The number of hydrogen-bond acceptors (Lipinski definition) is 5. The van der Waals surface area contributed by atoms with Crippen molar-refractivity contribution < 1.29 is 22.7 Å². The summed E-state index contributed by atoms with van der Waals surface area (Å²) in [7, 11) is -2.16. The standard InChI is InChI=1S/C15H22N4O5S/c1-17-10-11(9-12(17)14(16)20)25(22,23)19-6-4-18(5-7-19)15(21)13-3-2-8-24-13/h9-10,13H,2-8H2,1H3,(H2,16,20). The molecule has 0 spiro atoms. The van der Waals surface area contributed by atoms with Crippen molar-refractivity contribution in [2.45, 2.75) is 23.8 Å². The number of sulfonamides is 1. The molecule has 0 bridgehead atoms. The molecule has 1 aromatic rings. The Morgan fingerprint density at radius 2 is 1.92 bits per heavy atom. The highest BCUT2D eigenvalue weighted by Gasteiger charge is 2.34. The predicted molar refractivity (Wildman–Crippen MR) is 88.2 cm³/mol. The van der Waals surface area contributed by atoms with E-state index in [1.165, 1.54) is 21.1 Å². The molecule has 0 aliphatic carbocycles. The van der Waals surface area contributed by atoms with Gasteiger partial charge in [-0.1, -0.05) is 0 Å². The third kappa shape index (κ3) is 3.42. The van der Waals surface area contributed by atoms with Crippen LogP contribution in [-0.4, -0.2) is 72.9 Å². The van der Waals surface area contributed by atoms with Crippen molar-refractivity contribution >= 4 is 21.8 Å². The lowest BCUT2D eigenvalue weighted by Crippen LogP contribution is -2.52. The van der Waals surface area contributed by atoms with E-state index in [0.29, 0.717) is 19.7 Å². The Balaban J connectivity index is 1.68. The molecule has 25 heavy (non-hydrogen) atoms. The summed E-state index contributed by atoms with van der Waals surface area (Å²) in [5, 5.41) is 0. The first-order valence-corrected chi connectivity index (χ1v) is 9.61. The monoisotopic (exact) mass is 370 g/mol. The maximum absolute atomic E-state index is 12.7. The number of aromatic nitrogens is 1. The van der Waals surface area contributed by atoms with Gasteiger partial charge in [0.2, 0.25) is 10.0 Å². The summed E-state index contributed by atoms with van der Waals surface area (Å²) in [4.78, 5) is 25.3. The Kier molecular flexibility index (Phi) is 4.85. The molecular weight excluding hydrogens is 348 g/mol. The number of ether oxygens (including phenoxy) is 1. The molecular formula is C15H22N4O5S.